The first-order valence-corrected chi connectivity index (χ1v) is 7.03. The molecule has 0 aromatic heterocycles. The molecule has 0 fully saturated rings. The van der Waals surface area contributed by atoms with Gasteiger partial charge in [0.05, 0.1) is 0 Å². The van der Waals surface area contributed by atoms with Gasteiger partial charge in [-0.1, -0.05) is 17.7 Å². The van der Waals surface area contributed by atoms with E-state index in [0.29, 0.717) is 6.04 Å². The molecule has 0 N–H and O–H groups in total. The van der Waals surface area contributed by atoms with E-state index in [9.17, 15) is 0 Å². The van der Waals surface area contributed by atoms with E-state index in [-0.39, 0.29) is 0 Å². The standard InChI is InChI=1S/C15H20ClN/c1-17(2)14-9-7-10-6-8-13(16)11-4-3-5-12(14)15(10)11/h6,8,12,14H,3-5,7,9H2,1-2H3. The topological polar surface area (TPSA) is 3.24 Å². The van der Waals surface area contributed by atoms with Gasteiger partial charge in [-0.2, -0.15) is 0 Å². The normalized spacial score (nSPS) is 27.1. The summed E-state index contributed by atoms with van der Waals surface area (Å²) in [7, 11) is 4.43. The number of rotatable bonds is 1. The number of hydrogen-bond donors (Lipinski definition) is 0. The summed E-state index contributed by atoms with van der Waals surface area (Å²) in [6.45, 7) is 0. The Morgan fingerprint density at radius 3 is 2.76 bits per heavy atom. The number of likely N-dealkylation sites (N-methyl/N-ethyl adjacent to an activating group) is 1. The van der Waals surface area contributed by atoms with Crippen molar-refractivity contribution >= 4 is 11.6 Å². The highest BCUT2D eigenvalue weighted by Gasteiger charge is 2.35. The minimum atomic E-state index is 0.708. The van der Waals surface area contributed by atoms with Crippen LogP contribution in [0.1, 0.15) is 41.9 Å². The number of nitrogens with zero attached hydrogens (tertiary/aromatic N) is 1. The zero-order chi connectivity index (χ0) is 12.0. The van der Waals surface area contributed by atoms with Crippen LogP contribution in [0.3, 0.4) is 0 Å². The molecule has 0 bridgehead atoms. The second-order valence-electron chi connectivity index (χ2n) is 5.67. The van der Waals surface area contributed by atoms with Gasteiger partial charge in [-0.25, -0.2) is 0 Å². The number of benzene rings is 1. The van der Waals surface area contributed by atoms with Crippen molar-refractivity contribution in [1.82, 2.24) is 4.90 Å². The van der Waals surface area contributed by atoms with Crippen LogP contribution in [-0.2, 0) is 12.8 Å². The van der Waals surface area contributed by atoms with Gasteiger partial charge in [-0.15, -0.1) is 0 Å². The Balaban J connectivity index is 2.11. The predicted molar refractivity (Wildman–Crippen MR) is 72.9 cm³/mol. The van der Waals surface area contributed by atoms with Crippen molar-refractivity contribution in [3.05, 3.63) is 33.8 Å². The maximum atomic E-state index is 6.37. The Hall–Kier alpha value is -0.530. The molecule has 2 aliphatic carbocycles. The lowest BCUT2D eigenvalue weighted by Crippen LogP contribution is -2.39. The molecule has 0 aliphatic heterocycles. The molecule has 0 amide bonds. The molecule has 1 aromatic rings. The smallest absolute Gasteiger partial charge is 0.0441 e. The highest BCUT2D eigenvalue weighted by atomic mass is 35.5. The molecule has 92 valence electrons. The van der Waals surface area contributed by atoms with Crippen molar-refractivity contribution < 1.29 is 0 Å². The zero-order valence-corrected chi connectivity index (χ0v) is 11.4. The monoisotopic (exact) mass is 249 g/mol. The number of hydrogen-bond acceptors (Lipinski definition) is 1. The molecule has 0 saturated heterocycles. The van der Waals surface area contributed by atoms with Gasteiger partial charge in [0.25, 0.3) is 0 Å². The SMILES string of the molecule is CN(C)C1CCc2ccc(Cl)c3c2C1CCC3. The minimum absolute atomic E-state index is 0.708. The predicted octanol–water partition coefficient (Wildman–Crippen LogP) is 3.64. The Morgan fingerprint density at radius 1 is 1.18 bits per heavy atom. The van der Waals surface area contributed by atoms with Crippen molar-refractivity contribution in [2.24, 2.45) is 0 Å². The van der Waals surface area contributed by atoms with Crippen LogP contribution < -0.4 is 0 Å². The first-order valence-electron chi connectivity index (χ1n) is 6.65. The third-order valence-corrected chi connectivity index (χ3v) is 4.89. The zero-order valence-electron chi connectivity index (χ0n) is 10.7. The van der Waals surface area contributed by atoms with Crippen LogP contribution in [0, 0.1) is 0 Å². The highest BCUT2D eigenvalue weighted by molar-refractivity contribution is 6.31. The molecule has 17 heavy (non-hydrogen) atoms. The third-order valence-electron chi connectivity index (χ3n) is 4.54. The quantitative estimate of drug-likeness (QED) is 0.735. The van der Waals surface area contributed by atoms with E-state index in [0.717, 1.165) is 10.9 Å². The Kier molecular flexibility index (Phi) is 2.92. The largest absolute Gasteiger partial charge is 0.306 e. The summed E-state index contributed by atoms with van der Waals surface area (Å²) in [6, 6.07) is 5.07. The van der Waals surface area contributed by atoms with Crippen molar-refractivity contribution in [3.63, 3.8) is 0 Å². The molecule has 2 unspecified atom stereocenters. The summed E-state index contributed by atoms with van der Waals surface area (Å²) in [4.78, 5) is 2.41. The summed E-state index contributed by atoms with van der Waals surface area (Å²) >= 11 is 6.37. The summed E-state index contributed by atoms with van der Waals surface area (Å²) in [5, 5.41) is 0.993. The summed E-state index contributed by atoms with van der Waals surface area (Å²) < 4.78 is 0. The first-order chi connectivity index (χ1) is 8.18. The van der Waals surface area contributed by atoms with Crippen LogP contribution in [0.15, 0.2) is 12.1 Å². The molecule has 0 heterocycles. The van der Waals surface area contributed by atoms with Gasteiger partial charge in [-0.3, -0.25) is 0 Å². The molecule has 0 radical (unpaired) electrons. The lowest BCUT2D eigenvalue weighted by Gasteiger charge is -2.41. The third kappa shape index (κ3) is 1.80. The van der Waals surface area contributed by atoms with Crippen LogP contribution in [-0.4, -0.2) is 25.0 Å². The Bertz CT molecular complexity index is 439. The van der Waals surface area contributed by atoms with E-state index in [1.165, 1.54) is 37.7 Å². The van der Waals surface area contributed by atoms with E-state index in [1.54, 1.807) is 11.1 Å². The summed E-state index contributed by atoms with van der Waals surface area (Å²) in [5.74, 6) is 0.719. The first kappa shape index (κ1) is 11.6. The fourth-order valence-electron chi connectivity index (χ4n) is 3.77. The molecule has 1 aromatic carbocycles. The van der Waals surface area contributed by atoms with Gasteiger partial charge in [0, 0.05) is 17.0 Å². The van der Waals surface area contributed by atoms with Crippen LogP contribution in [0.5, 0.6) is 0 Å². The number of halogens is 1. The molecule has 2 heteroatoms. The fourth-order valence-corrected chi connectivity index (χ4v) is 4.03. The molecule has 1 nitrogen and oxygen atoms in total. The summed E-state index contributed by atoms with van der Waals surface area (Å²) in [5.41, 5.74) is 4.62. The van der Waals surface area contributed by atoms with E-state index in [2.05, 4.69) is 31.1 Å². The van der Waals surface area contributed by atoms with Crippen LogP contribution in [0.25, 0.3) is 0 Å². The van der Waals surface area contributed by atoms with Gasteiger partial charge in [0.1, 0.15) is 0 Å². The molecule has 2 aliphatic rings. The second kappa shape index (κ2) is 4.29. The molecule has 0 spiro atoms. The maximum Gasteiger partial charge on any atom is 0.0441 e. The van der Waals surface area contributed by atoms with Crippen LogP contribution in [0.2, 0.25) is 5.02 Å². The molecule has 2 atom stereocenters. The molecule has 3 rings (SSSR count). The maximum absolute atomic E-state index is 6.37. The molecular formula is C15H20ClN. The minimum Gasteiger partial charge on any atom is -0.306 e. The van der Waals surface area contributed by atoms with E-state index < -0.39 is 0 Å². The van der Waals surface area contributed by atoms with Crippen LogP contribution >= 0.6 is 11.6 Å². The Labute approximate surface area is 109 Å². The van der Waals surface area contributed by atoms with Gasteiger partial charge in [0.2, 0.25) is 0 Å². The van der Waals surface area contributed by atoms with Crippen LogP contribution in [0.4, 0.5) is 0 Å². The van der Waals surface area contributed by atoms with E-state index >= 15 is 0 Å². The Morgan fingerprint density at radius 2 is 2.00 bits per heavy atom. The van der Waals surface area contributed by atoms with Crippen molar-refractivity contribution in [3.8, 4) is 0 Å². The highest BCUT2D eigenvalue weighted by Crippen LogP contribution is 2.44. The fraction of sp³-hybridized carbons (Fsp3) is 0.600. The lowest BCUT2D eigenvalue weighted by atomic mass is 9.70. The molecule has 0 saturated carbocycles. The van der Waals surface area contributed by atoms with Crippen molar-refractivity contribution in [2.45, 2.75) is 44.1 Å². The number of aryl methyl sites for hydroxylation is 1. The van der Waals surface area contributed by atoms with Gasteiger partial charge >= 0.3 is 0 Å². The lowest BCUT2D eigenvalue weighted by molar-refractivity contribution is 0.214. The van der Waals surface area contributed by atoms with E-state index in [1.807, 2.05) is 0 Å². The van der Waals surface area contributed by atoms with E-state index in [4.69, 9.17) is 11.6 Å². The molecular weight excluding hydrogens is 230 g/mol. The van der Waals surface area contributed by atoms with Gasteiger partial charge < -0.3 is 4.90 Å². The summed E-state index contributed by atoms with van der Waals surface area (Å²) in [6.07, 6.45) is 6.33. The van der Waals surface area contributed by atoms with Gasteiger partial charge in [-0.05, 0) is 69.0 Å². The second-order valence-corrected chi connectivity index (χ2v) is 6.07. The van der Waals surface area contributed by atoms with Crippen molar-refractivity contribution in [2.75, 3.05) is 14.1 Å². The average Bonchev–Trinajstić information content (AvgIpc) is 2.33. The van der Waals surface area contributed by atoms with Gasteiger partial charge in [0.15, 0.2) is 0 Å². The average molecular weight is 250 g/mol. The van der Waals surface area contributed by atoms with Crippen molar-refractivity contribution in [1.29, 1.82) is 0 Å².